The lowest BCUT2D eigenvalue weighted by molar-refractivity contribution is 0.672. The van der Waals surface area contributed by atoms with Gasteiger partial charge in [0.15, 0.2) is 0 Å². The highest BCUT2D eigenvalue weighted by atomic mass is 32.1. The van der Waals surface area contributed by atoms with Crippen LogP contribution in [0.5, 0.6) is 0 Å². The highest BCUT2D eigenvalue weighted by molar-refractivity contribution is 7.17. The average molecular weight is 686 g/mol. The second-order valence-corrected chi connectivity index (χ2v) is 14.0. The number of rotatable bonds is 5. The van der Waals surface area contributed by atoms with E-state index in [2.05, 4.69) is 136 Å². The maximum atomic E-state index is 6.50. The van der Waals surface area contributed by atoms with Gasteiger partial charge >= 0.3 is 0 Å². The first kappa shape index (κ1) is 29.0. The fraction of sp³-hybridized carbons (Fsp3) is 0. The monoisotopic (exact) mass is 685 g/mol. The van der Waals surface area contributed by atoms with Crippen molar-refractivity contribution in [3.05, 3.63) is 164 Å². The quantitative estimate of drug-likeness (QED) is 0.180. The molecule has 3 heterocycles. The van der Waals surface area contributed by atoms with E-state index in [-0.39, 0.29) is 0 Å². The van der Waals surface area contributed by atoms with Gasteiger partial charge in [-0.15, -0.1) is 10.2 Å². The topological polar surface area (TPSA) is 55.3 Å². The molecule has 0 saturated carbocycles. The van der Waals surface area contributed by atoms with Crippen LogP contribution in [0.4, 0.5) is 17.1 Å². The van der Waals surface area contributed by atoms with Crippen molar-refractivity contribution in [3.63, 3.8) is 0 Å². The molecule has 11 aromatic rings. The molecule has 3 aromatic heterocycles. The minimum atomic E-state index is 0.882. The average Bonchev–Trinajstić information content (AvgIpc) is 3.95. The molecule has 0 fully saturated rings. The largest absolute Gasteiger partial charge is 0.455 e. The number of hydrogen-bond acceptors (Lipinski definition) is 6. The van der Waals surface area contributed by atoms with E-state index >= 15 is 0 Å². The van der Waals surface area contributed by atoms with Gasteiger partial charge < -0.3 is 13.7 Å². The van der Waals surface area contributed by atoms with E-state index in [4.69, 9.17) is 8.83 Å². The summed E-state index contributed by atoms with van der Waals surface area (Å²) in [7, 11) is 0. The maximum absolute atomic E-state index is 6.50. The molecule has 8 aromatic carbocycles. The Morgan fingerprint density at radius 3 is 1.40 bits per heavy atom. The molecule has 0 unspecified atom stereocenters. The molecule has 0 aliphatic heterocycles. The Kier molecular flexibility index (Phi) is 6.35. The molecule has 11 rings (SSSR count). The Labute approximate surface area is 301 Å². The van der Waals surface area contributed by atoms with Crippen LogP contribution in [0.25, 0.3) is 86.6 Å². The molecule has 0 spiro atoms. The van der Waals surface area contributed by atoms with E-state index in [1.165, 1.54) is 0 Å². The minimum absolute atomic E-state index is 0.882. The molecule has 5 nitrogen and oxygen atoms in total. The van der Waals surface area contributed by atoms with Crippen LogP contribution in [0.2, 0.25) is 0 Å². The Morgan fingerprint density at radius 2 is 0.846 bits per heavy atom. The third-order valence-electron chi connectivity index (χ3n) is 10.0. The van der Waals surface area contributed by atoms with Crippen molar-refractivity contribution in [1.29, 1.82) is 0 Å². The molecule has 0 aliphatic carbocycles. The molecule has 6 heteroatoms. The van der Waals surface area contributed by atoms with E-state index in [0.717, 1.165) is 104 Å². The fourth-order valence-corrected chi connectivity index (χ4v) is 8.35. The SMILES string of the molecule is c1ccc(-c2nnc(-c3ccc(N(c4ccc5ccc6c7ccccc7oc6c5c4)c4ccc5ccc6c7ccccc7oc6c5c4)cc3)s2)cc1. The summed E-state index contributed by atoms with van der Waals surface area (Å²) in [4.78, 5) is 2.31. The first-order valence-electron chi connectivity index (χ1n) is 17.2. The van der Waals surface area contributed by atoms with Crippen molar-refractivity contribution in [3.8, 4) is 21.1 Å². The van der Waals surface area contributed by atoms with Gasteiger partial charge in [0.05, 0.1) is 0 Å². The number of hydrogen-bond donors (Lipinski definition) is 0. The van der Waals surface area contributed by atoms with Gasteiger partial charge in [-0.3, -0.25) is 0 Å². The zero-order chi connectivity index (χ0) is 34.2. The van der Waals surface area contributed by atoms with Gasteiger partial charge in [0.1, 0.15) is 32.3 Å². The van der Waals surface area contributed by atoms with Crippen molar-refractivity contribution in [2.45, 2.75) is 0 Å². The smallest absolute Gasteiger partial charge is 0.148 e. The molecule has 0 bridgehead atoms. The van der Waals surface area contributed by atoms with Crippen molar-refractivity contribution >= 4 is 93.8 Å². The second kappa shape index (κ2) is 11.4. The number of furan rings is 2. The summed E-state index contributed by atoms with van der Waals surface area (Å²) < 4.78 is 13.0. The molecule has 52 heavy (non-hydrogen) atoms. The number of fused-ring (bicyclic) bond motifs is 10. The highest BCUT2D eigenvalue weighted by Crippen LogP contribution is 2.43. The lowest BCUT2D eigenvalue weighted by atomic mass is 10.0. The Bertz CT molecular complexity index is 2990. The zero-order valence-corrected chi connectivity index (χ0v) is 28.5. The normalized spacial score (nSPS) is 11.8. The summed E-state index contributed by atoms with van der Waals surface area (Å²) in [5.41, 5.74) is 8.71. The Balaban J connectivity index is 1.09. The predicted octanol–water partition coefficient (Wildman–Crippen LogP) is 13.4. The van der Waals surface area contributed by atoms with Gasteiger partial charge in [0.25, 0.3) is 0 Å². The van der Waals surface area contributed by atoms with Gasteiger partial charge in [-0.05, 0) is 83.6 Å². The summed E-state index contributed by atoms with van der Waals surface area (Å²) >= 11 is 1.60. The molecule has 0 radical (unpaired) electrons. The Hall–Kier alpha value is -6.76. The zero-order valence-electron chi connectivity index (χ0n) is 27.7. The number of benzene rings is 8. The van der Waals surface area contributed by atoms with Crippen LogP contribution in [-0.2, 0) is 0 Å². The summed E-state index contributed by atoms with van der Waals surface area (Å²) in [6.45, 7) is 0. The van der Waals surface area contributed by atoms with E-state index in [1.54, 1.807) is 11.3 Å². The van der Waals surface area contributed by atoms with Crippen LogP contribution in [0.1, 0.15) is 0 Å². The molecule has 0 amide bonds. The van der Waals surface area contributed by atoms with Crippen LogP contribution in [-0.4, -0.2) is 10.2 Å². The van der Waals surface area contributed by atoms with Gasteiger partial charge in [-0.1, -0.05) is 102 Å². The van der Waals surface area contributed by atoms with Gasteiger partial charge in [-0.2, -0.15) is 0 Å². The number of para-hydroxylation sites is 2. The fourth-order valence-electron chi connectivity index (χ4n) is 7.50. The summed E-state index contributed by atoms with van der Waals surface area (Å²) in [6.07, 6.45) is 0. The molecule has 244 valence electrons. The van der Waals surface area contributed by atoms with Gasteiger partial charge in [0, 0.05) is 60.5 Å². The molecule has 0 saturated heterocycles. The minimum Gasteiger partial charge on any atom is -0.455 e. The molecule has 0 atom stereocenters. The van der Waals surface area contributed by atoms with Crippen LogP contribution in [0.3, 0.4) is 0 Å². The van der Waals surface area contributed by atoms with E-state index < -0.39 is 0 Å². The predicted molar refractivity (Wildman–Crippen MR) is 215 cm³/mol. The molecular weight excluding hydrogens is 659 g/mol. The summed E-state index contributed by atoms with van der Waals surface area (Å²) in [5, 5.41) is 19.7. The molecular formula is C46H27N3O2S. The summed E-state index contributed by atoms with van der Waals surface area (Å²) in [6, 6.07) is 57.2. The van der Waals surface area contributed by atoms with Crippen molar-refractivity contribution in [2.75, 3.05) is 4.90 Å². The highest BCUT2D eigenvalue weighted by Gasteiger charge is 2.19. The van der Waals surface area contributed by atoms with Crippen LogP contribution in [0.15, 0.2) is 173 Å². The van der Waals surface area contributed by atoms with E-state index in [0.29, 0.717) is 0 Å². The number of anilines is 3. The Morgan fingerprint density at radius 1 is 0.385 bits per heavy atom. The number of aromatic nitrogens is 2. The van der Waals surface area contributed by atoms with Crippen molar-refractivity contribution < 1.29 is 8.83 Å². The third kappa shape index (κ3) is 4.55. The van der Waals surface area contributed by atoms with Crippen LogP contribution >= 0.6 is 11.3 Å². The number of nitrogens with zero attached hydrogens (tertiary/aromatic N) is 3. The van der Waals surface area contributed by atoms with Gasteiger partial charge in [-0.25, -0.2) is 0 Å². The first-order valence-corrected chi connectivity index (χ1v) is 18.0. The summed E-state index contributed by atoms with van der Waals surface area (Å²) in [5.74, 6) is 0. The molecule has 0 aliphatic rings. The first-order chi connectivity index (χ1) is 25.7. The second-order valence-electron chi connectivity index (χ2n) is 13.1. The molecule has 0 N–H and O–H groups in total. The van der Waals surface area contributed by atoms with E-state index in [1.807, 2.05) is 42.5 Å². The van der Waals surface area contributed by atoms with Gasteiger partial charge in [0.2, 0.25) is 0 Å². The van der Waals surface area contributed by atoms with Crippen molar-refractivity contribution in [2.24, 2.45) is 0 Å². The standard InChI is InChI=1S/C46H27N3O2S/c1-2-8-30(9-3-1)45-47-48-46(52-45)31-16-20-32(21-17-31)49(33-22-14-28-18-24-37-35-10-4-6-12-41(35)50-43(37)39(28)26-33)34-23-15-29-19-25-38-36-11-5-7-13-42(36)51-44(38)40(29)27-34/h1-27H. The van der Waals surface area contributed by atoms with Crippen LogP contribution in [0, 0.1) is 0 Å². The maximum Gasteiger partial charge on any atom is 0.148 e. The lowest BCUT2D eigenvalue weighted by Crippen LogP contribution is -2.10. The van der Waals surface area contributed by atoms with Crippen molar-refractivity contribution in [1.82, 2.24) is 10.2 Å². The van der Waals surface area contributed by atoms with Crippen LogP contribution < -0.4 is 4.90 Å². The van der Waals surface area contributed by atoms with E-state index in [9.17, 15) is 0 Å². The third-order valence-corrected chi connectivity index (χ3v) is 11.0. The lowest BCUT2D eigenvalue weighted by Gasteiger charge is -2.26.